The van der Waals surface area contributed by atoms with Gasteiger partial charge in [0.25, 0.3) is 0 Å². The fourth-order valence-electron chi connectivity index (χ4n) is 3.30. The smallest absolute Gasteiger partial charge is 0.355 e. The van der Waals surface area contributed by atoms with Crippen LogP contribution >= 0.6 is 0 Å². The van der Waals surface area contributed by atoms with E-state index in [0.29, 0.717) is 18.8 Å². The monoisotopic (exact) mass is 374 g/mol. The van der Waals surface area contributed by atoms with Crippen LogP contribution in [0, 0.1) is 0 Å². The zero-order valence-corrected chi connectivity index (χ0v) is 16.6. The van der Waals surface area contributed by atoms with Gasteiger partial charge in [-0.25, -0.2) is 9.59 Å². The first-order chi connectivity index (χ1) is 13.1. The van der Waals surface area contributed by atoms with Crippen molar-refractivity contribution in [2.75, 3.05) is 38.9 Å². The first-order valence-electron chi connectivity index (χ1n) is 9.57. The number of nitrogens with zero attached hydrogens (tertiary/aromatic N) is 2. The van der Waals surface area contributed by atoms with Gasteiger partial charge in [0.2, 0.25) is 0 Å². The SMILES string of the molecule is CCCCCCCN1CC(C(=O)OC)=C(C(=O)OC)N(c2ccccc2)C1. The summed E-state index contributed by atoms with van der Waals surface area (Å²) in [6.45, 7) is 3.98. The van der Waals surface area contributed by atoms with Crippen LogP contribution in [0.2, 0.25) is 0 Å². The minimum absolute atomic E-state index is 0.262. The normalized spacial score (nSPS) is 15.0. The molecule has 6 nitrogen and oxygen atoms in total. The van der Waals surface area contributed by atoms with Gasteiger partial charge in [-0.05, 0) is 18.6 Å². The zero-order valence-electron chi connectivity index (χ0n) is 16.6. The molecule has 0 N–H and O–H groups in total. The van der Waals surface area contributed by atoms with Crippen molar-refractivity contribution in [1.82, 2.24) is 4.90 Å². The van der Waals surface area contributed by atoms with E-state index in [1.54, 1.807) is 0 Å². The summed E-state index contributed by atoms with van der Waals surface area (Å²) in [7, 11) is 2.66. The molecular weight excluding hydrogens is 344 g/mol. The number of unbranched alkanes of at least 4 members (excludes halogenated alkanes) is 4. The van der Waals surface area contributed by atoms with Crippen molar-refractivity contribution >= 4 is 17.6 Å². The second-order valence-corrected chi connectivity index (χ2v) is 6.68. The highest BCUT2D eigenvalue weighted by Crippen LogP contribution is 2.27. The fourth-order valence-corrected chi connectivity index (χ4v) is 3.30. The fraction of sp³-hybridized carbons (Fsp3) is 0.524. The van der Waals surface area contributed by atoms with Crippen molar-refractivity contribution < 1.29 is 19.1 Å². The molecule has 0 aromatic heterocycles. The predicted molar refractivity (Wildman–Crippen MR) is 105 cm³/mol. The number of ether oxygens (including phenoxy) is 2. The summed E-state index contributed by atoms with van der Waals surface area (Å²) in [5, 5.41) is 0. The second kappa shape index (κ2) is 10.7. The Morgan fingerprint density at radius 3 is 2.26 bits per heavy atom. The molecule has 0 saturated carbocycles. The Balaban J connectivity index is 2.28. The molecule has 1 heterocycles. The molecule has 1 aliphatic heterocycles. The predicted octanol–water partition coefficient (Wildman–Crippen LogP) is 3.34. The highest BCUT2D eigenvalue weighted by atomic mass is 16.5. The molecule has 0 bridgehead atoms. The molecule has 1 aromatic carbocycles. The molecule has 0 aliphatic carbocycles. The molecule has 0 saturated heterocycles. The standard InChI is InChI=1S/C21H30N2O4/c1-4-5-6-7-11-14-22-15-18(20(24)26-2)19(21(25)27-3)23(16-22)17-12-9-8-10-13-17/h8-10,12-13H,4-7,11,14-16H2,1-3H3. The molecule has 0 amide bonds. The highest BCUT2D eigenvalue weighted by Gasteiger charge is 2.34. The van der Waals surface area contributed by atoms with Gasteiger partial charge in [0.1, 0.15) is 5.70 Å². The number of hydrogen-bond donors (Lipinski definition) is 0. The van der Waals surface area contributed by atoms with Gasteiger partial charge in [-0.3, -0.25) is 4.90 Å². The zero-order chi connectivity index (χ0) is 19.6. The third-order valence-electron chi connectivity index (χ3n) is 4.74. The molecule has 27 heavy (non-hydrogen) atoms. The number of rotatable bonds is 9. The van der Waals surface area contributed by atoms with E-state index in [0.717, 1.165) is 25.1 Å². The first-order valence-corrected chi connectivity index (χ1v) is 9.57. The molecule has 0 spiro atoms. The number of benzene rings is 1. The minimum Gasteiger partial charge on any atom is -0.466 e. The average Bonchev–Trinajstić information content (AvgIpc) is 2.72. The van der Waals surface area contributed by atoms with E-state index in [2.05, 4.69) is 11.8 Å². The van der Waals surface area contributed by atoms with Crippen LogP contribution in [0.15, 0.2) is 41.6 Å². The van der Waals surface area contributed by atoms with E-state index in [4.69, 9.17) is 9.47 Å². The number of para-hydroxylation sites is 1. The van der Waals surface area contributed by atoms with E-state index in [-0.39, 0.29) is 5.70 Å². The Hall–Kier alpha value is -2.34. The molecule has 0 unspecified atom stereocenters. The number of anilines is 1. The van der Waals surface area contributed by atoms with Crippen LogP contribution in [0.25, 0.3) is 0 Å². The lowest BCUT2D eigenvalue weighted by Gasteiger charge is -2.38. The third-order valence-corrected chi connectivity index (χ3v) is 4.74. The first kappa shape index (κ1) is 21.0. The van der Waals surface area contributed by atoms with E-state index < -0.39 is 11.9 Å². The summed E-state index contributed by atoms with van der Waals surface area (Å²) < 4.78 is 9.91. The van der Waals surface area contributed by atoms with E-state index in [1.165, 1.54) is 33.5 Å². The van der Waals surface area contributed by atoms with Gasteiger partial charge in [0.05, 0.1) is 26.5 Å². The number of hydrogen-bond acceptors (Lipinski definition) is 6. The van der Waals surface area contributed by atoms with Crippen molar-refractivity contribution in [1.29, 1.82) is 0 Å². The number of carbonyl (C=O) groups excluding carboxylic acids is 2. The van der Waals surface area contributed by atoms with E-state index in [1.807, 2.05) is 35.2 Å². The highest BCUT2D eigenvalue weighted by molar-refractivity contribution is 6.03. The number of methoxy groups -OCH3 is 2. The average molecular weight is 374 g/mol. The molecule has 2 rings (SSSR count). The van der Waals surface area contributed by atoms with E-state index >= 15 is 0 Å². The Labute approximate surface area is 161 Å². The van der Waals surface area contributed by atoms with Crippen LogP contribution in [0.3, 0.4) is 0 Å². The summed E-state index contributed by atoms with van der Waals surface area (Å²) in [6.07, 6.45) is 5.90. The van der Waals surface area contributed by atoms with Crippen molar-refractivity contribution in [3.8, 4) is 0 Å². The van der Waals surface area contributed by atoms with Crippen molar-refractivity contribution in [3.63, 3.8) is 0 Å². The lowest BCUT2D eigenvalue weighted by atomic mass is 10.1. The van der Waals surface area contributed by atoms with Gasteiger partial charge in [-0.2, -0.15) is 0 Å². The lowest BCUT2D eigenvalue weighted by molar-refractivity contribution is -0.140. The topological polar surface area (TPSA) is 59.1 Å². The van der Waals surface area contributed by atoms with Crippen LogP contribution in [0.1, 0.15) is 39.0 Å². The Morgan fingerprint density at radius 2 is 1.63 bits per heavy atom. The van der Waals surface area contributed by atoms with Gasteiger partial charge in [0.15, 0.2) is 0 Å². The van der Waals surface area contributed by atoms with Crippen LogP contribution in [-0.4, -0.2) is 50.8 Å². The molecule has 1 aliphatic rings. The summed E-state index contributed by atoms with van der Waals surface area (Å²) in [6, 6.07) is 9.57. The maximum atomic E-state index is 12.5. The van der Waals surface area contributed by atoms with Gasteiger partial charge in [0, 0.05) is 18.8 Å². The maximum Gasteiger partial charge on any atom is 0.355 e. The number of carbonyl (C=O) groups is 2. The van der Waals surface area contributed by atoms with Crippen molar-refractivity contribution in [2.24, 2.45) is 0 Å². The lowest BCUT2D eigenvalue weighted by Crippen LogP contribution is -2.48. The van der Waals surface area contributed by atoms with E-state index in [9.17, 15) is 9.59 Å². The summed E-state index contributed by atoms with van der Waals surface area (Å²) in [5.74, 6) is -1.02. The van der Waals surface area contributed by atoms with Crippen LogP contribution in [-0.2, 0) is 19.1 Å². The molecule has 6 heteroatoms. The molecule has 1 aromatic rings. The second-order valence-electron chi connectivity index (χ2n) is 6.68. The summed E-state index contributed by atoms with van der Waals surface area (Å²) in [5.41, 5.74) is 1.45. The minimum atomic E-state index is -0.526. The van der Waals surface area contributed by atoms with Gasteiger partial charge in [-0.15, -0.1) is 0 Å². The van der Waals surface area contributed by atoms with Crippen molar-refractivity contribution in [3.05, 3.63) is 41.6 Å². The molecule has 0 fully saturated rings. The number of esters is 2. The third kappa shape index (κ3) is 5.57. The largest absolute Gasteiger partial charge is 0.466 e. The van der Waals surface area contributed by atoms with Gasteiger partial charge in [-0.1, -0.05) is 50.8 Å². The molecule has 148 valence electrons. The Bertz CT molecular complexity index is 657. The molecular formula is C21H30N2O4. The van der Waals surface area contributed by atoms with Crippen molar-refractivity contribution in [2.45, 2.75) is 39.0 Å². The van der Waals surface area contributed by atoms with Crippen LogP contribution in [0.4, 0.5) is 5.69 Å². The maximum absolute atomic E-state index is 12.5. The molecule has 0 atom stereocenters. The quantitative estimate of drug-likeness (QED) is 0.488. The van der Waals surface area contributed by atoms with Crippen LogP contribution in [0.5, 0.6) is 0 Å². The summed E-state index contributed by atoms with van der Waals surface area (Å²) in [4.78, 5) is 28.9. The van der Waals surface area contributed by atoms with Gasteiger partial charge < -0.3 is 14.4 Å². The van der Waals surface area contributed by atoms with Crippen LogP contribution < -0.4 is 4.90 Å². The summed E-state index contributed by atoms with van der Waals surface area (Å²) >= 11 is 0. The van der Waals surface area contributed by atoms with Gasteiger partial charge >= 0.3 is 11.9 Å². The molecule has 0 radical (unpaired) electrons. The Morgan fingerprint density at radius 1 is 0.963 bits per heavy atom. The Kier molecular flexibility index (Phi) is 8.33.